The van der Waals surface area contributed by atoms with E-state index in [1.165, 1.54) is 17.3 Å². The zero-order chi connectivity index (χ0) is 23.9. The van der Waals surface area contributed by atoms with Crippen molar-refractivity contribution >= 4 is 39.8 Å². The van der Waals surface area contributed by atoms with Crippen LogP contribution < -0.4 is 5.43 Å². The van der Waals surface area contributed by atoms with Crippen molar-refractivity contribution < 1.29 is 4.79 Å². The number of hydrogen-bond acceptors (Lipinski definition) is 6. The molecule has 2 heterocycles. The van der Waals surface area contributed by atoms with Crippen molar-refractivity contribution in [1.29, 1.82) is 0 Å². The molecule has 7 nitrogen and oxygen atoms in total. The molecule has 172 valence electrons. The minimum absolute atomic E-state index is 0.147. The Balaban J connectivity index is 1.45. The lowest BCUT2D eigenvalue weighted by Crippen LogP contribution is -2.20. The first kappa shape index (κ1) is 23.8. The number of carbonyl (C=O) groups excluding carboxylic acids is 1. The van der Waals surface area contributed by atoms with Crippen LogP contribution in [0.4, 0.5) is 0 Å². The molecule has 0 aliphatic carbocycles. The van der Waals surface area contributed by atoms with E-state index < -0.39 is 0 Å². The van der Waals surface area contributed by atoms with Crippen molar-refractivity contribution in [1.82, 2.24) is 25.2 Å². The van der Waals surface area contributed by atoms with E-state index >= 15 is 0 Å². The highest BCUT2D eigenvalue weighted by Gasteiger charge is 2.17. The van der Waals surface area contributed by atoms with Crippen LogP contribution in [0.3, 0.4) is 0 Å². The van der Waals surface area contributed by atoms with Crippen molar-refractivity contribution in [2.24, 2.45) is 5.10 Å². The van der Waals surface area contributed by atoms with Crippen molar-refractivity contribution in [3.8, 4) is 17.1 Å². The number of halogens is 1. The molecule has 0 radical (unpaired) electrons. The van der Waals surface area contributed by atoms with E-state index in [1.807, 2.05) is 53.1 Å². The van der Waals surface area contributed by atoms with Crippen LogP contribution >= 0.6 is 27.7 Å². The first-order valence-electron chi connectivity index (χ1n) is 10.7. The second-order valence-electron chi connectivity index (χ2n) is 7.76. The monoisotopic (exact) mass is 534 g/mol. The molecule has 34 heavy (non-hydrogen) atoms. The minimum Gasteiger partial charge on any atom is -0.272 e. The molecule has 2 aromatic carbocycles. The highest BCUT2D eigenvalue weighted by Crippen LogP contribution is 2.28. The molecule has 0 saturated heterocycles. The Morgan fingerprint density at radius 1 is 1.06 bits per heavy atom. The van der Waals surface area contributed by atoms with Crippen LogP contribution in [0.15, 0.2) is 87.8 Å². The van der Waals surface area contributed by atoms with Crippen molar-refractivity contribution in [2.75, 3.05) is 5.75 Å². The van der Waals surface area contributed by atoms with Crippen LogP contribution in [-0.4, -0.2) is 37.6 Å². The fourth-order valence-electron chi connectivity index (χ4n) is 3.18. The van der Waals surface area contributed by atoms with Gasteiger partial charge in [0, 0.05) is 28.1 Å². The third-order valence-corrected chi connectivity index (χ3v) is 6.45. The zero-order valence-corrected chi connectivity index (χ0v) is 21.1. The number of nitrogens with zero attached hydrogens (tertiary/aromatic N) is 5. The lowest BCUT2D eigenvalue weighted by molar-refractivity contribution is -0.118. The van der Waals surface area contributed by atoms with E-state index in [2.05, 4.69) is 67.6 Å². The van der Waals surface area contributed by atoms with Gasteiger partial charge in [0.05, 0.1) is 12.0 Å². The van der Waals surface area contributed by atoms with Crippen LogP contribution in [0.1, 0.15) is 30.9 Å². The lowest BCUT2D eigenvalue weighted by atomic mass is 10.0. The first-order valence-corrected chi connectivity index (χ1v) is 12.5. The molecule has 0 aliphatic rings. The number of pyridine rings is 1. The SMILES string of the molecule is CC(C)c1ccc(C=NNC(=O)CSc2nnc(-c3ccncc3)n2-c2ccc(Br)cc2)cc1. The molecule has 0 atom stereocenters. The number of benzene rings is 2. The second-order valence-corrected chi connectivity index (χ2v) is 9.62. The van der Waals surface area contributed by atoms with Gasteiger partial charge in [0.1, 0.15) is 0 Å². The zero-order valence-electron chi connectivity index (χ0n) is 18.7. The average Bonchev–Trinajstić information content (AvgIpc) is 3.28. The quantitative estimate of drug-likeness (QED) is 0.184. The Hall–Kier alpha value is -3.30. The smallest absolute Gasteiger partial charge is 0.250 e. The van der Waals surface area contributed by atoms with E-state index in [9.17, 15) is 4.79 Å². The predicted molar refractivity (Wildman–Crippen MR) is 139 cm³/mol. The van der Waals surface area contributed by atoms with Crippen LogP contribution in [0, 0.1) is 0 Å². The highest BCUT2D eigenvalue weighted by atomic mass is 79.9. The van der Waals surface area contributed by atoms with E-state index in [0.29, 0.717) is 16.9 Å². The number of nitrogens with one attached hydrogen (secondary N) is 1. The summed E-state index contributed by atoms with van der Waals surface area (Å²) in [5.74, 6) is 1.07. The number of carbonyl (C=O) groups is 1. The maximum absolute atomic E-state index is 12.4. The van der Waals surface area contributed by atoms with Crippen LogP contribution in [-0.2, 0) is 4.79 Å². The fraction of sp³-hybridized carbons (Fsp3) is 0.160. The first-order chi connectivity index (χ1) is 16.5. The van der Waals surface area contributed by atoms with Gasteiger partial charge < -0.3 is 0 Å². The minimum atomic E-state index is -0.226. The number of amides is 1. The van der Waals surface area contributed by atoms with E-state index in [1.54, 1.807) is 18.6 Å². The molecule has 0 saturated carbocycles. The molecule has 0 spiro atoms. The molecular weight excluding hydrogens is 512 g/mol. The Bertz CT molecular complexity index is 1270. The Kier molecular flexibility index (Phi) is 7.87. The van der Waals surface area contributed by atoms with Crippen molar-refractivity contribution in [3.63, 3.8) is 0 Å². The maximum Gasteiger partial charge on any atom is 0.250 e. The van der Waals surface area contributed by atoms with Gasteiger partial charge in [-0.1, -0.05) is 65.8 Å². The Labute approximate surface area is 210 Å². The third-order valence-electron chi connectivity index (χ3n) is 5.00. The summed E-state index contributed by atoms with van der Waals surface area (Å²) in [7, 11) is 0. The van der Waals surface area contributed by atoms with E-state index in [-0.39, 0.29) is 11.7 Å². The van der Waals surface area contributed by atoms with Crippen molar-refractivity contribution in [2.45, 2.75) is 24.9 Å². The van der Waals surface area contributed by atoms with Crippen molar-refractivity contribution in [3.05, 3.63) is 88.7 Å². The number of hydrogen-bond donors (Lipinski definition) is 1. The molecule has 2 aromatic heterocycles. The molecule has 4 rings (SSSR count). The predicted octanol–water partition coefficient (Wildman–Crippen LogP) is 5.46. The largest absolute Gasteiger partial charge is 0.272 e. The van der Waals surface area contributed by atoms with Gasteiger partial charge in [0.2, 0.25) is 0 Å². The molecular formula is C25H23BrN6OS. The summed E-state index contributed by atoms with van der Waals surface area (Å²) < 4.78 is 2.90. The van der Waals surface area contributed by atoms with Crippen LogP contribution in [0.5, 0.6) is 0 Å². The molecule has 1 amide bonds. The van der Waals surface area contributed by atoms with Crippen LogP contribution in [0.2, 0.25) is 0 Å². The van der Waals surface area contributed by atoms with Gasteiger partial charge >= 0.3 is 0 Å². The fourth-order valence-corrected chi connectivity index (χ4v) is 4.19. The maximum atomic E-state index is 12.4. The molecule has 0 aliphatic heterocycles. The summed E-state index contributed by atoms with van der Waals surface area (Å²) >= 11 is 4.77. The molecule has 9 heteroatoms. The normalized spacial score (nSPS) is 11.3. The van der Waals surface area contributed by atoms with Gasteiger partial charge in [0.15, 0.2) is 11.0 Å². The molecule has 1 N–H and O–H groups in total. The molecule has 0 fully saturated rings. The Morgan fingerprint density at radius 2 is 1.76 bits per heavy atom. The van der Waals surface area contributed by atoms with Gasteiger partial charge in [-0.15, -0.1) is 10.2 Å². The van der Waals surface area contributed by atoms with Gasteiger partial charge in [-0.05, 0) is 53.4 Å². The topological polar surface area (TPSA) is 85.1 Å². The van der Waals surface area contributed by atoms with Crippen LogP contribution in [0.25, 0.3) is 17.1 Å². The molecule has 4 aromatic rings. The Morgan fingerprint density at radius 3 is 2.44 bits per heavy atom. The second kappa shape index (κ2) is 11.2. The van der Waals surface area contributed by atoms with Gasteiger partial charge in [-0.3, -0.25) is 14.3 Å². The summed E-state index contributed by atoms with van der Waals surface area (Å²) in [6, 6.07) is 19.7. The molecule has 0 unspecified atom stereocenters. The number of thioether (sulfide) groups is 1. The lowest BCUT2D eigenvalue weighted by Gasteiger charge is -2.10. The third kappa shape index (κ3) is 5.98. The number of rotatable bonds is 8. The van der Waals surface area contributed by atoms with E-state index in [0.717, 1.165) is 21.3 Å². The summed E-state index contributed by atoms with van der Waals surface area (Å²) in [6.07, 6.45) is 5.06. The van der Waals surface area contributed by atoms with E-state index in [4.69, 9.17) is 0 Å². The summed E-state index contributed by atoms with van der Waals surface area (Å²) in [6.45, 7) is 4.30. The average molecular weight is 535 g/mol. The van der Waals surface area contributed by atoms with Gasteiger partial charge in [0.25, 0.3) is 5.91 Å². The number of hydrazone groups is 1. The summed E-state index contributed by atoms with van der Waals surface area (Å²) in [4.78, 5) is 16.5. The van der Waals surface area contributed by atoms with Gasteiger partial charge in [-0.2, -0.15) is 5.10 Å². The number of aromatic nitrogens is 4. The molecule has 0 bridgehead atoms. The summed E-state index contributed by atoms with van der Waals surface area (Å²) in [5, 5.41) is 13.4. The summed E-state index contributed by atoms with van der Waals surface area (Å²) in [5.41, 5.74) is 6.55. The highest BCUT2D eigenvalue weighted by molar-refractivity contribution is 9.10. The standard InChI is InChI=1S/C25H23BrN6OS/c1-17(2)19-5-3-18(4-6-19)15-28-29-23(33)16-34-25-31-30-24(20-11-13-27-14-12-20)32(25)22-9-7-21(26)8-10-22/h3-15,17H,16H2,1-2H3,(H,29,33). The van der Waals surface area contributed by atoms with Gasteiger partial charge in [-0.25, -0.2) is 5.43 Å².